The molecule has 0 aliphatic rings. The molecule has 0 radical (unpaired) electrons. The summed E-state index contributed by atoms with van der Waals surface area (Å²) in [5, 5.41) is 7.57. The molecule has 0 spiro atoms. The van der Waals surface area contributed by atoms with Gasteiger partial charge in [-0.15, -0.1) is 0 Å². The molecule has 0 fully saturated rings. The number of halogens is 11. The van der Waals surface area contributed by atoms with Crippen molar-refractivity contribution in [3.63, 3.8) is 0 Å². The molecular formula is C14H4Cl2F9N5. The van der Waals surface area contributed by atoms with Crippen LogP contribution in [0.3, 0.4) is 0 Å². The van der Waals surface area contributed by atoms with Crippen LogP contribution in [0, 0.1) is 11.3 Å². The highest BCUT2D eigenvalue weighted by Gasteiger charge is 2.43. The first-order valence-electron chi connectivity index (χ1n) is 7.10. The molecule has 1 heterocycles. The summed E-state index contributed by atoms with van der Waals surface area (Å²) >= 11 is 11.3. The van der Waals surface area contributed by atoms with Crippen LogP contribution >= 0.6 is 23.2 Å². The number of nitriles is 1. The van der Waals surface area contributed by atoms with Crippen molar-refractivity contribution in [1.82, 2.24) is 9.97 Å². The second-order valence-corrected chi connectivity index (χ2v) is 6.10. The van der Waals surface area contributed by atoms with Gasteiger partial charge in [0.1, 0.15) is 11.6 Å². The molecule has 0 bridgehead atoms. The van der Waals surface area contributed by atoms with Crippen LogP contribution in [-0.2, 0) is 18.5 Å². The Morgan fingerprint density at radius 3 is 1.73 bits per heavy atom. The van der Waals surface area contributed by atoms with Gasteiger partial charge in [0.2, 0.25) is 5.82 Å². The highest BCUT2D eigenvalue weighted by Crippen LogP contribution is 2.39. The summed E-state index contributed by atoms with van der Waals surface area (Å²) in [5.41, 5.74) is -1.67. The Morgan fingerprint density at radius 2 is 1.33 bits per heavy atom. The van der Waals surface area contributed by atoms with E-state index >= 15 is 0 Å². The van der Waals surface area contributed by atoms with Gasteiger partial charge < -0.3 is 0 Å². The minimum absolute atomic E-state index is 0.408. The number of rotatable bonds is 3. The van der Waals surface area contributed by atoms with Crippen molar-refractivity contribution in [3.05, 3.63) is 44.8 Å². The molecule has 162 valence electrons. The Balaban J connectivity index is 2.53. The fourth-order valence-corrected chi connectivity index (χ4v) is 2.55. The van der Waals surface area contributed by atoms with Crippen molar-refractivity contribution in [1.29, 1.82) is 5.26 Å². The van der Waals surface area contributed by atoms with Crippen molar-refractivity contribution in [2.45, 2.75) is 18.5 Å². The van der Waals surface area contributed by atoms with Crippen LogP contribution < -0.4 is 10.9 Å². The molecule has 1 aromatic carbocycles. The van der Waals surface area contributed by atoms with Crippen LogP contribution in [-0.4, -0.2) is 9.97 Å². The molecule has 0 amide bonds. The molecule has 2 rings (SSSR count). The van der Waals surface area contributed by atoms with Gasteiger partial charge >= 0.3 is 18.5 Å². The zero-order valence-electron chi connectivity index (χ0n) is 13.7. The van der Waals surface area contributed by atoms with Crippen LogP contribution in [0.25, 0.3) is 0 Å². The lowest BCUT2D eigenvalue weighted by atomic mass is 10.2. The number of aromatic nitrogens is 2. The maximum absolute atomic E-state index is 13.0. The van der Waals surface area contributed by atoms with Gasteiger partial charge in [-0.25, -0.2) is 9.97 Å². The van der Waals surface area contributed by atoms with E-state index < -0.39 is 62.7 Å². The third kappa shape index (κ3) is 5.08. The summed E-state index contributed by atoms with van der Waals surface area (Å²) in [5.74, 6) is -3.48. The Bertz CT molecular complexity index is 986. The standard InChI is InChI=1S/C14H4Cl2F9N5/c15-6-1-4(12(17,18)19)2-7(16)8(6)29-30-10-5(3-26)9(13(20,21)22)27-11(28-10)14(23,24)25/h1-2,29H,(H,27,28,30). The van der Waals surface area contributed by atoms with Crippen LogP contribution in [0.5, 0.6) is 0 Å². The van der Waals surface area contributed by atoms with Crippen molar-refractivity contribution in [2.75, 3.05) is 10.9 Å². The average molecular weight is 484 g/mol. The van der Waals surface area contributed by atoms with Crippen molar-refractivity contribution in [2.24, 2.45) is 0 Å². The van der Waals surface area contributed by atoms with E-state index in [0.29, 0.717) is 12.1 Å². The Morgan fingerprint density at radius 1 is 0.800 bits per heavy atom. The molecule has 2 aromatic rings. The second kappa shape index (κ2) is 7.88. The van der Waals surface area contributed by atoms with E-state index in [1.807, 2.05) is 5.43 Å². The molecule has 2 N–H and O–H groups in total. The highest BCUT2D eigenvalue weighted by molar-refractivity contribution is 6.39. The zero-order valence-corrected chi connectivity index (χ0v) is 15.2. The topological polar surface area (TPSA) is 73.6 Å². The van der Waals surface area contributed by atoms with Gasteiger partial charge in [-0.05, 0) is 12.1 Å². The summed E-state index contributed by atoms with van der Waals surface area (Å²) in [6.45, 7) is 0. The van der Waals surface area contributed by atoms with Crippen LogP contribution in [0.15, 0.2) is 12.1 Å². The van der Waals surface area contributed by atoms with Gasteiger partial charge in [0, 0.05) is 0 Å². The van der Waals surface area contributed by atoms with Gasteiger partial charge in [-0.3, -0.25) is 10.9 Å². The minimum atomic E-state index is -5.45. The van der Waals surface area contributed by atoms with Crippen molar-refractivity contribution < 1.29 is 39.5 Å². The summed E-state index contributed by atoms with van der Waals surface area (Å²) in [4.78, 5) is 5.17. The molecule has 0 atom stereocenters. The number of nitrogens with zero attached hydrogens (tertiary/aromatic N) is 3. The van der Waals surface area contributed by atoms with Gasteiger partial charge in [-0.2, -0.15) is 44.8 Å². The van der Waals surface area contributed by atoms with Gasteiger partial charge in [0.05, 0.1) is 21.3 Å². The summed E-state index contributed by atoms with van der Waals surface area (Å²) in [6, 6.07) is 1.83. The first-order chi connectivity index (χ1) is 13.6. The maximum Gasteiger partial charge on any atom is 0.451 e. The fraction of sp³-hybridized carbons (Fsp3) is 0.214. The number of anilines is 2. The van der Waals surface area contributed by atoms with E-state index in [2.05, 4.69) is 9.97 Å². The van der Waals surface area contributed by atoms with Crippen molar-refractivity contribution in [3.8, 4) is 6.07 Å². The SMILES string of the molecule is N#Cc1c(NNc2c(Cl)cc(C(F)(F)F)cc2Cl)nc(C(F)(F)F)nc1C(F)(F)F. The van der Waals surface area contributed by atoms with Crippen LogP contribution in [0.2, 0.25) is 10.0 Å². The number of alkyl halides is 9. The Hall–Kier alpha value is -2.66. The first-order valence-corrected chi connectivity index (χ1v) is 7.86. The minimum Gasteiger partial charge on any atom is -0.297 e. The average Bonchev–Trinajstić information content (AvgIpc) is 2.57. The lowest BCUT2D eigenvalue weighted by Crippen LogP contribution is -2.22. The molecule has 30 heavy (non-hydrogen) atoms. The largest absolute Gasteiger partial charge is 0.451 e. The first kappa shape index (κ1) is 23.6. The van der Waals surface area contributed by atoms with E-state index in [9.17, 15) is 39.5 Å². The lowest BCUT2D eigenvalue weighted by molar-refractivity contribution is -0.152. The van der Waals surface area contributed by atoms with E-state index in [-0.39, 0.29) is 0 Å². The number of hydrazine groups is 1. The number of hydrogen-bond acceptors (Lipinski definition) is 5. The van der Waals surface area contributed by atoms with E-state index in [0.717, 1.165) is 6.07 Å². The predicted molar refractivity (Wildman–Crippen MR) is 85.5 cm³/mol. The van der Waals surface area contributed by atoms with Gasteiger partial charge in [0.15, 0.2) is 11.5 Å². The van der Waals surface area contributed by atoms with Gasteiger partial charge in [0.25, 0.3) is 0 Å². The fourth-order valence-electron chi connectivity index (χ4n) is 1.97. The lowest BCUT2D eigenvalue weighted by Gasteiger charge is -2.18. The summed E-state index contributed by atoms with van der Waals surface area (Å²) in [6.07, 6.45) is -15.7. The van der Waals surface area contributed by atoms with Crippen LogP contribution in [0.1, 0.15) is 22.6 Å². The number of benzene rings is 1. The molecule has 0 aliphatic carbocycles. The third-order valence-corrected chi connectivity index (χ3v) is 3.81. The van der Waals surface area contributed by atoms with E-state index in [1.54, 1.807) is 5.43 Å². The molecule has 16 heteroatoms. The van der Waals surface area contributed by atoms with Gasteiger partial charge in [-0.1, -0.05) is 23.2 Å². The molecule has 0 saturated carbocycles. The Kier molecular flexibility index (Phi) is 6.20. The smallest absolute Gasteiger partial charge is 0.297 e. The molecule has 1 aromatic heterocycles. The third-order valence-electron chi connectivity index (χ3n) is 3.22. The normalized spacial score (nSPS) is 12.5. The number of nitrogens with one attached hydrogen (secondary N) is 2. The van der Waals surface area contributed by atoms with E-state index in [1.165, 1.54) is 0 Å². The molecule has 0 aliphatic heterocycles. The van der Waals surface area contributed by atoms with E-state index in [4.69, 9.17) is 28.5 Å². The second-order valence-electron chi connectivity index (χ2n) is 5.29. The monoisotopic (exact) mass is 483 g/mol. The molecule has 0 saturated heterocycles. The molecule has 5 nitrogen and oxygen atoms in total. The summed E-state index contributed by atoms with van der Waals surface area (Å²) < 4.78 is 116. The zero-order chi connectivity index (χ0) is 23.1. The number of hydrogen-bond donors (Lipinski definition) is 2. The van der Waals surface area contributed by atoms with Crippen molar-refractivity contribution >= 4 is 34.7 Å². The summed E-state index contributed by atoms with van der Waals surface area (Å²) in [7, 11) is 0. The maximum atomic E-state index is 13.0. The molecular weight excluding hydrogens is 480 g/mol. The van der Waals surface area contributed by atoms with Crippen LogP contribution in [0.4, 0.5) is 51.0 Å². The highest BCUT2D eigenvalue weighted by atomic mass is 35.5. The molecule has 0 unspecified atom stereocenters. The predicted octanol–water partition coefficient (Wildman–Crippen LogP) is 6.15. The quantitative estimate of drug-likeness (QED) is 0.404. The Labute approximate surface area is 170 Å².